The summed E-state index contributed by atoms with van der Waals surface area (Å²) < 4.78 is 3.51. The van der Waals surface area contributed by atoms with Gasteiger partial charge in [-0.25, -0.2) is 4.98 Å². The van der Waals surface area contributed by atoms with Crippen molar-refractivity contribution in [2.24, 2.45) is 0 Å². The van der Waals surface area contributed by atoms with E-state index < -0.39 is 3.37 Å². The number of aromatic nitrogens is 3. The molecule has 0 atom stereocenters. The van der Waals surface area contributed by atoms with Crippen LogP contribution in [-0.4, -0.2) is 21.6 Å². The molecular weight excluding hydrogens is 446 g/mol. The monoisotopic (exact) mass is 457 g/mol. The number of hydrogen-bond acceptors (Lipinski definition) is 3. The third kappa shape index (κ3) is 7.57. The van der Waals surface area contributed by atoms with Gasteiger partial charge >= 0.3 is 59.6 Å². The SMILES string of the molecule is COc1ccc(-c2nccn2-c2ccncc2)cc1.ClP(Cl)(Cl)(Cl)Cl. The third-order valence-electron chi connectivity index (χ3n) is 2.93. The molecule has 3 rings (SSSR count). The zero-order chi connectivity index (χ0) is 18.5. The Bertz CT molecular complexity index is 799. The molecule has 10 heteroatoms. The van der Waals surface area contributed by atoms with Crippen LogP contribution in [0.4, 0.5) is 0 Å². The van der Waals surface area contributed by atoms with Crippen LogP contribution < -0.4 is 4.74 Å². The molecule has 2 heterocycles. The van der Waals surface area contributed by atoms with Crippen LogP contribution in [0.3, 0.4) is 0 Å². The van der Waals surface area contributed by atoms with Crippen molar-refractivity contribution in [3.8, 4) is 22.8 Å². The van der Waals surface area contributed by atoms with Crippen LogP contribution in [0.25, 0.3) is 17.1 Å². The van der Waals surface area contributed by atoms with Gasteiger partial charge in [-0.05, 0) is 36.4 Å². The molecule has 0 radical (unpaired) electrons. The Hall–Kier alpha value is -0.740. The van der Waals surface area contributed by atoms with Crippen molar-refractivity contribution in [1.29, 1.82) is 0 Å². The quantitative estimate of drug-likeness (QED) is 0.387. The molecule has 0 bridgehead atoms. The predicted octanol–water partition coefficient (Wildman–Crippen LogP) is 7.25. The number of halogens is 5. The van der Waals surface area contributed by atoms with Crippen LogP contribution >= 0.6 is 59.6 Å². The normalized spacial score (nSPS) is 12.5. The van der Waals surface area contributed by atoms with Crippen molar-refractivity contribution in [2.45, 2.75) is 0 Å². The van der Waals surface area contributed by atoms with E-state index in [1.165, 1.54) is 0 Å². The fraction of sp³-hybridized carbons (Fsp3) is 0.0667. The number of rotatable bonds is 3. The Morgan fingerprint density at radius 1 is 0.880 bits per heavy atom. The summed E-state index contributed by atoms with van der Waals surface area (Å²) in [5, 5.41) is 0. The third-order valence-corrected chi connectivity index (χ3v) is 2.93. The van der Waals surface area contributed by atoms with Gasteiger partial charge < -0.3 is 4.74 Å². The summed E-state index contributed by atoms with van der Waals surface area (Å²) in [5.41, 5.74) is 2.08. The van der Waals surface area contributed by atoms with Gasteiger partial charge in [-0.3, -0.25) is 9.55 Å². The molecule has 0 saturated carbocycles. The van der Waals surface area contributed by atoms with Gasteiger partial charge in [0.15, 0.2) is 0 Å². The van der Waals surface area contributed by atoms with E-state index in [1.807, 2.05) is 47.2 Å². The molecule has 1 aromatic carbocycles. The summed E-state index contributed by atoms with van der Waals surface area (Å²) in [6, 6.07) is 11.8. The Morgan fingerprint density at radius 2 is 1.44 bits per heavy atom. The Morgan fingerprint density at radius 3 is 1.96 bits per heavy atom. The van der Waals surface area contributed by atoms with E-state index >= 15 is 0 Å². The number of methoxy groups -OCH3 is 1. The predicted molar refractivity (Wildman–Crippen MR) is 110 cm³/mol. The molecule has 0 N–H and O–H groups in total. The Labute approximate surface area is 169 Å². The zero-order valence-corrected chi connectivity index (χ0v) is 17.5. The number of pyridine rings is 1. The van der Waals surface area contributed by atoms with E-state index in [0.29, 0.717) is 0 Å². The van der Waals surface area contributed by atoms with Crippen molar-refractivity contribution in [2.75, 3.05) is 7.11 Å². The van der Waals surface area contributed by atoms with Gasteiger partial charge in [0.2, 0.25) is 0 Å². The van der Waals surface area contributed by atoms with Gasteiger partial charge in [-0.1, -0.05) is 0 Å². The minimum atomic E-state index is -3.69. The second kappa shape index (κ2) is 8.30. The van der Waals surface area contributed by atoms with Crippen molar-refractivity contribution >= 4 is 59.6 Å². The number of ether oxygens (including phenoxy) is 1. The first kappa shape index (κ1) is 20.6. The average molecular weight is 460 g/mol. The maximum atomic E-state index is 5.17. The fourth-order valence-electron chi connectivity index (χ4n) is 1.97. The van der Waals surface area contributed by atoms with Crippen molar-refractivity contribution in [3.63, 3.8) is 0 Å². The van der Waals surface area contributed by atoms with Gasteiger partial charge in [0.05, 0.1) is 12.8 Å². The summed E-state index contributed by atoms with van der Waals surface area (Å²) in [6.07, 6.45) is 7.27. The molecule has 0 aliphatic carbocycles. The van der Waals surface area contributed by atoms with Crippen molar-refractivity contribution in [1.82, 2.24) is 14.5 Å². The van der Waals surface area contributed by atoms with Gasteiger partial charge in [-0.15, -0.1) is 0 Å². The topological polar surface area (TPSA) is 39.9 Å². The molecule has 2 aromatic heterocycles. The van der Waals surface area contributed by atoms with E-state index in [2.05, 4.69) is 9.97 Å². The Kier molecular flexibility index (Phi) is 6.83. The molecule has 0 amide bonds. The average Bonchev–Trinajstić information content (AvgIpc) is 3.03. The molecule has 0 spiro atoms. The number of hydrogen-bond donors (Lipinski definition) is 0. The fourth-order valence-corrected chi connectivity index (χ4v) is 1.97. The molecule has 0 unspecified atom stereocenters. The number of nitrogens with zero attached hydrogens (tertiary/aromatic N) is 3. The molecule has 3 aromatic rings. The first-order valence-corrected chi connectivity index (χ1v) is 13.6. The van der Waals surface area contributed by atoms with Crippen molar-refractivity contribution < 1.29 is 4.74 Å². The number of benzene rings is 1. The molecule has 25 heavy (non-hydrogen) atoms. The molecule has 0 aliphatic rings. The van der Waals surface area contributed by atoms with E-state index in [-0.39, 0.29) is 0 Å². The minimum absolute atomic E-state index is 0.839. The van der Waals surface area contributed by atoms with Crippen LogP contribution in [0.1, 0.15) is 0 Å². The number of imidazole rings is 1. The molecule has 0 aliphatic heterocycles. The van der Waals surface area contributed by atoms with Crippen LogP contribution in [0.2, 0.25) is 0 Å². The summed E-state index contributed by atoms with van der Waals surface area (Å²) >= 11 is 24.9. The van der Waals surface area contributed by atoms with E-state index in [1.54, 1.807) is 25.7 Å². The van der Waals surface area contributed by atoms with E-state index in [0.717, 1.165) is 22.8 Å². The van der Waals surface area contributed by atoms with Crippen LogP contribution in [-0.2, 0) is 0 Å². The molecular formula is C15H13Cl5N3OP. The second-order valence-electron chi connectivity index (χ2n) is 4.69. The van der Waals surface area contributed by atoms with Gasteiger partial charge in [0, 0.05) is 30.4 Å². The first-order valence-electron chi connectivity index (χ1n) is 6.81. The summed E-state index contributed by atoms with van der Waals surface area (Å²) in [4.78, 5) is 8.45. The maximum absolute atomic E-state index is 5.17. The van der Waals surface area contributed by atoms with Gasteiger partial charge in [-0.2, -0.15) is 0 Å². The standard InChI is InChI=1S/C15H13N3O.Cl5P/c1-19-14-4-2-12(3-5-14)15-17-10-11-18(15)13-6-8-16-9-7-13;1-6(2,3,4)5/h2-11H,1H3;. The van der Waals surface area contributed by atoms with E-state index in [4.69, 9.17) is 60.9 Å². The van der Waals surface area contributed by atoms with Crippen molar-refractivity contribution in [3.05, 3.63) is 61.2 Å². The van der Waals surface area contributed by atoms with Crippen LogP contribution in [0.5, 0.6) is 5.75 Å². The molecule has 0 fully saturated rings. The first-order chi connectivity index (χ1) is 11.6. The second-order valence-corrected chi connectivity index (χ2v) is 21.3. The Balaban J connectivity index is 0.000000326. The molecule has 4 nitrogen and oxygen atoms in total. The molecule has 134 valence electrons. The van der Waals surface area contributed by atoms with Gasteiger partial charge in [0.25, 0.3) is 0 Å². The summed E-state index contributed by atoms with van der Waals surface area (Å²) in [5.74, 6) is 1.74. The summed E-state index contributed by atoms with van der Waals surface area (Å²) in [7, 11) is 1.66. The molecule has 0 saturated heterocycles. The van der Waals surface area contributed by atoms with Crippen LogP contribution in [0, 0.1) is 0 Å². The van der Waals surface area contributed by atoms with E-state index in [9.17, 15) is 0 Å². The zero-order valence-electron chi connectivity index (χ0n) is 12.9. The van der Waals surface area contributed by atoms with Crippen LogP contribution in [0.15, 0.2) is 61.2 Å². The summed E-state index contributed by atoms with van der Waals surface area (Å²) in [6.45, 7) is 0. The van der Waals surface area contributed by atoms with Gasteiger partial charge in [0.1, 0.15) is 11.6 Å².